The van der Waals surface area contributed by atoms with Crippen molar-refractivity contribution >= 4 is 0 Å². The summed E-state index contributed by atoms with van der Waals surface area (Å²) >= 11 is 0. The van der Waals surface area contributed by atoms with Crippen LogP contribution in [0.4, 0.5) is 0 Å². The summed E-state index contributed by atoms with van der Waals surface area (Å²) in [4.78, 5) is 0. The summed E-state index contributed by atoms with van der Waals surface area (Å²) in [6.07, 6.45) is 7.79. The van der Waals surface area contributed by atoms with Crippen LogP contribution in [0.25, 0.3) is 0 Å². The number of epoxide rings is 1. The third-order valence-electron chi connectivity index (χ3n) is 2.42. The summed E-state index contributed by atoms with van der Waals surface area (Å²) in [5, 5.41) is 0. The molecule has 1 aliphatic carbocycles. The van der Waals surface area contributed by atoms with Gasteiger partial charge in [0, 0.05) is 0 Å². The van der Waals surface area contributed by atoms with Crippen molar-refractivity contribution < 1.29 is 4.74 Å². The molecule has 0 aromatic carbocycles. The van der Waals surface area contributed by atoms with E-state index in [1.165, 1.54) is 25.7 Å². The first-order valence-corrected chi connectivity index (χ1v) is 4.48. The van der Waals surface area contributed by atoms with E-state index in [1.807, 2.05) is 6.92 Å². The summed E-state index contributed by atoms with van der Waals surface area (Å²) in [5.41, 5.74) is 0.345. The molecule has 0 spiro atoms. The van der Waals surface area contributed by atoms with Gasteiger partial charge < -0.3 is 4.74 Å². The Morgan fingerprint density at radius 1 is 1.55 bits per heavy atom. The van der Waals surface area contributed by atoms with E-state index in [0.29, 0.717) is 11.7 Å². The van der Waals surface area contributed by atoms with Gasteiger partial charge in [-0.1, -0.05) is 18.9 Å². The minimum Gasteiger partial charge on any atom is -0.366 e. The highest BCUT2D eigenvalue weighted by Crippen LogP contribution is 2.46. The number of ether oxygens (including phenoxy) is 1. The molecule has 0 radical (unpaired) electrons. The molecule has 0 aromatic rings. The molecule has 1 unspecified atom stereocenters. The van der Waals surface area contributed by atoms with Gasteiger partial charge >= 0.3 is 0 Å². The summed E-state index contributed by atoms with van der Waals surface area (Å²) in [7, 11) is 0. The molecule has 2 atom stereocenters. The maximum Gasteiger partial charge on any atom is 0.0920 e. The van der Waals surface area contributed by atoms with Crippen molar-refractivity contribution in [2.75, 3.05) is 0 Å². The molecule has 1 nitrogen and oxygen atoms in total. The molecule has 11 heavy (non-hydrogen) atoms. The summed E-state index contributed by atoms with van der Waals surface area (Å²) in [6.45, 7) is 7.48. The van der Waals surface area contributed by atoms with Gasteiger partial charge in [-0.3, -0.25) is 0 Å². The summed E-state index contributed by atoms with van der Waals surface area (Å²) in [5.74, 6) is 0. The summed E-state index contributed by atoms with van der Waals surface area (Å²) in [6, 6.07) is 0. The monoisotopic (exact) mass is 154 g/mol. The van der Waals surface area contributed by atoms with Gasteiger partial charge in [0.25, 0.3) is 0 Å². The Balaban J connectivity index is 0.000000179. The molecule has 1 heterocycles. The minimum atomic E-state index is 0.345. The molecule has 2 aliphatic rings. The third-order valence-corrected chi connectivity index (χ3v) is 2.42. The van der Waals surface area contributed by atoms with Crippen LogP contribution >= 0.6 is 0 Å². The van der Waals surface area contributed by atoms with E-state index in [0.717, 1.165) is 0 Å². The second-order valence-electron chi connectivity index (χ2n) is 3.57. The van der Waals surface area contributed by atoms with Gasteiger partial charge in [0.1, 0.15) is 0 Å². The molecule has 0 bridgehead atoms. The summed E-state index contributed by atoms with van der Waals surface area (Å²) < 4.78 is 5.47. The van der Waals surface area contributed by atoms with Gasteiger partial charge in [-0.05, 0) is 26.7 Å². The molecule has 64 valence electrons. The van der Waals surface area contributed by atoms with Crippen molar-refractivity contribution in [3.05, 3.63) is 12.7 Å². The highest BCUT2D eigenvalue weighted by Gasteiger charge is 2.52. The zero-order valence-corrected chi connectivity index (χ0v) is 7.60. The van der Waals surface area contributed by atoms with Crippen molar-refractivity contribution in [2.45, 2.75) is 51.2 Å². The topological polar surface area (TPSA) is 12.5 Å². The Hall–Kier alpha value is -0.300. The van der Waals surface area contributed by atoms with Crippen LogP contribution in [0.2, 0.25) is 0 Å². The molecule has 2 fully saturated rings. The highest BCUT2D eigenvalue weighted by molar-refractivity contribution is 5.01. The Kier molecular flexibility index (Phi) is 2.72. The van der Waals surface area contributed by atoms with Crippen LogP contribution in [0.5, 0.6) is 0 Å². The molecule has 0 amide bonds. The SMILES string of the molecule is C=CC.C[C@@]12CCCCC1O2. The van der Waals surface area contributed by atoms with Gasteiger partial charge in [0.05, 0.1) is 11.7 Å². The fourth-order valence-corrected chi connectivity index (χ4v) is 1.68. The quantitative estimate of drug-likeness (QED) is 0.386. The lowest BCUT2D eigenvalue weighted by Gasteiger charge is -2.09. The second kappa shape index (κ2) is 3.40. The second-order valence-corrected chi connectivity index (χ2v) is 3.57. The molecule has 0 aromatic heterocycles. The normalized spacial score (nSPS) is 39.6. The number of rotatable bonds is 0. The first-order chi connectivity index (χ1) is 5.23. The lowest BCUT2D eigenvalue weighted by atomic mass is 9.91. The fourth-order valence-electron chi connectivity index (χ4n) is 1.68. The lowest BCUT2D eigenvalue weighted by molar-refractivity contribution is 0.304. The zero-order valence-electron chi connectivity index (χ0n) is 7.60. The number of allylic oxidation sites excluding steroid dienone is 1. The maximum absolute atomic E-state index is 5.47. The van der Waals surface area contributed by atoms with E-state index in [4.69, 9.17) is 4.74 Å². The van der Waals surface area contributed by atoms with E-state index in [2.05, 4.69) is 13.5 Å². The smallest absolute Gasteiger partial charge is 0.0920 e. The molecule has 1 saturated carbocycles. The van der Waals surface area contributed by atoms with Gasteiger partial charge in [-0.15, -0.1) is 6.58 Å². The fraction of sp³-hybridized carbons (Fsp3) is 0.800. The van der Waals surface area contributed by atoms with Crippen LogP contribution in [-0.2, 0) is 4.74 Å². The molecule has 0 N–H and O–H groups in total. The number of hydrogen-bond acceptors (Lipinski definition) is 1. The van der Waals surface area contributed by atoms with Crippen LogP contribution in [0.1, 0.15) is 39.5 Å². The largest absolute Gasteiger partial charge is 0.366 e. The van der Waals surface area contributed by atoms with Crippen molar-refractivity contribution in [2.24, 2.45) is 0 Å². The van der Waals surface area contributed by atoms with E-state index < -0.39 is 0 Å². The average Bonchev–Trinajstić information content (AvgIpc) is 2.61. The van der Waals surface area contributed by atoms with Crippen molar-refractivity contribution in [3.63, 3.8) is 0 Å². The molecule has 1 heteroatoms. The molecule has 1 saturated heterocycles. The van der Waals surface area contributed by atoms with Crippen molar-refractivity contribution in [1.82, 2.24) is 0 Å². The van der Waals surface area contributed by atoms with E-state index >= 15 is 0 Å². The van der Waals surface area contributed by atoms with Crippen LogP contribution in [0.3, 0.4) is 0 Å². The van der Waals surface area contributed by atoms with E-state index in [-0.39, 0.29) is 0 Å². The highest BCUT2D eigenvalue weighted by atomic mass is 16.6. The predicted octanol–water partition coefficient (Wildman–Crippen LogP) is 2.91. The van der Waals surface area contributed by atoms with E-state index in [9.17, 15) is 0 Å². The maximum atomic E-state index is 5.47. The molecular formula is C10H18O. The van der Waals surface area contributed by atoms with Crippen LogP contribution in [0.15, 0.2) is 12.7 Å². The van der Waals surface area contributed by atoms with Crippen LogP contribution < -0.4 is 0 Å². The Morgan fingerprint density at radius 2 is 2.18 bits per heavy atom. The van der Waals surface area contributed by atoms with Gasteiger partial charge in [-0.25, -0.2) is 0 Å². The van der Waals surface area contributed by atoms with Gasteiger partial charge in [-0.2, -0.15) is 0 Å². The lowest BCUT2D eigenvalue weighted by Crippen LogP contribution is -2.13. The molecule has 1 aliphatic heterocycles. The standard InChI is InChI=1S/C7H12O.C3H6/c1-7-5-3-2-4-6(7)8-7;1-3-2/h6H,2-5H2,1H3;3H,1H2,2H3/t6?,7-;/m1./s1. The van der Waals surface area contributed by atoms with Gasteiger partial charge in [0.2, 0.25) is 0 Å². The molecule has 2 rings (SSSR count). The van der Waals surface area contributed by atoms with Crippen LogP contribution in [0, 0.1) is 0 Å². The van der Waals surface area contributed by atoms with Gasteiger partial charge in [0.15, 0.2) is 0 Å². The number of hydrogen-bond donors (Lipinski definition) is 0. The van der Waals surface area contributed by atoms with Crippen molar-refractivity contribution in [3.8, 4) is 0 Å². The first kappa shape index (κ1) is 8.79. The first-order valence-electron chi connectivity index (χ1n) is 4.48. The molecular weight excluding hydrogens is 136 g/mol. The third kappa shape index (κ3) is 2.06. The van der Waals surface area contributed by atoms with Crippen molar-refractivity contribution in [1.29, 1.82) is 0 Å². The Bertz CT molecular complexity index is 140. The Labute approximate surface area is 69.4 Å². The minimum absolute atomic E-state index is 0.345. The zero-order chi connectivity index (χ0) is 8.32. The van der Waals surface area contributed by atoms with Crippen LogP contribution in [-0.4, -0.2) is 11.7 Å². The Morgan fingerprint density at radius 3 is 2.55 bits per heavy atom. The average molecular weight is 154 g/mol. The van der Waals surface area contributed by atoms with E-state index in [1.54, 1.807) is 6.08 Å². The number of fused-ring (bicyclic) bond motifs is 1. The predicted molar refractivity (Wildman–Crippen MR) is 47.6 cm³/mol.